The van der Waals surface area contributed by atoms with Gasteiger partial charge in [-0.25, -0.2) is 4.79 Å². The fourth-order valence-corrected chi connectivity index (χ4v) is 8.36. The Hall–Kier alpha value is -6.04. The Morgan fingerprint density at radius 2 is 1.51 bits per heavy atom. The van der Waals surface area contributed by atoms with Gasteiger partial charge >= 0.3 is 5.69 Å². The second-order valence-electron chi connectivity index (χ2n) is 14.5. The van der Waals surface area contributed by atoms with Crippen LogP contribution >= 0.6 is 0 Å². The highest BCUT2D eigenvalue weighted by molar-refractivity contribution is 7.85. The summed E-state index contributed by atoms with van der Waals surface area (Å²) in [5, 5.41) is 12.8. The lowest BCUT2D eigenvalue weighted by Crippen LogP contribution is -2.38. The van der Waals surface area contributed by atoms with Crippen LogP contribution in [0, 0.1) is 0 Å². The van der Waals surface area contributed by atoms with Crippen LogP contribution in [0.25, 0.3) is 39.8 Å². The van der Waals surface area contributed by atoms with Gasteiger partial charge in [0.2, 0.25) is 17.1 Å². The average Bonchev–Trinajstić information content (AvgIpc) is 3.51. The van der Waals surface area contributed by atoms with Gasteiger partial charge < -0.3 is 10.0 Å². The van der Waals surface area contributed by atoms with Crippen LogP contribution in [0.15, 0.2) is 125 Å². The van der Waals surface area contributed by atoms with E-state index in [4.69, 9.17) is 0 Å². The number of rotatable bonds is 13. The van der Waals surface area contributed by atoms with Gasteiger partial charge in [0.15, 0.2) is 0 Å². The van der Waals surface area contributed by atoms with Gasteiger partial charge in [-0.05, 0) is 83.5 Å². The molecule has 2 aromatic heterocycles. The molecule has 11 heteroatoms. The van der Waals surface area contributed by atoms with E-state index < -0.39 is 27.2 Å². The summed E-state index contributed by atoms with van der Waals surface area (Å²) in [4.78, 5) is 29.2. The first kappa shape index (κ1) is 39.2. The number of anilines is 1. The molecule has 2 aliphatic rings. The molecule has 0 spiro atoms. The molecule has 10 nitrogen and oxygen atoms in total. The first-order valence-corrected chi connectivity index (χ1v) is 20.9. The molecule has 1 aliphatic carbocycles. The van der Waals surface area contributed by atoms with Crippen molar-refractivity contribution in [2.45, 2.75) is 45.6 Å². The Bertz CT molecular complexity index is 2770. The minimum absolute atomic E-state index is 0.0148. The maximum atomic E-state index is 14.1. The highest BCUT2D eigenvalue weighted by Gasteiger charge is 2.31. The predicted octanol–water partition coefficient (Wildman–Crippen LogP) is 7.53. The Morgan fingerprint density at radius 1 is 0.772 bits per heavy atom. The van der Waals surface area contributed by atoms with Crippen molar-refractivity contribution in [3.8, 4) is 5.88 Å². The van der Waals surface area contributed by atoms with Crippen molar-refractivity contribution in [3.63, 3.8) is 0 Å². The zero-order valence-electron chi connectivity index (χ0n) is 32.4. The van der Waals surface area contributed by atoms with Gasteiger partial charge in [0.05, 0.1) is 5.75 Å². The van der Waals surface area contributed by atoms with Crippen LogP contribution in [0.3, 0.4) is 0 Å². The van der Waals surface area contributed by atoms with Gasteiger partial charge in [0.25, 0.3) is 15.7 Å². The van der Waals surface area contributed by atoms with Gasteiger partial charge in [-0.15, -0.1) is 0 Å². The fraction of sp³-hybridized carbons (Fsp3) is 0.239. The number of aromatic hydroxyl groups is 1. The minimum Gasteiger partial charge on any atom is -0.494 e. The van der Waals surface area contributed by atoms with Gasteiger partial charge in [0.1, 0.15) is 12.1 Å². The number of aryl methyl sites for hydroxylation is 1. The Kier molecular flexibility index (Phi) is 11.4. The summed E-state index contributed by atoms with van der Waals surface area (Å²) < 4.78 is 36.7. The van der Waals surface area contributed by atoms with Crippen molar-refractivity contribution in [1.82, 2.24) is 9.13 Å². The van der Waals surface area contributed by atoms with Crippen LogP contribution in [0.4, 0.5) is 5.69 Å². The quantitative estimate of drug-likeness (QED) is 0.0719. The molecule has 1 aliphatic heterocycles. The molecule has 0 unspecified atom stereocenters. The maximum absolute atomic E-state index is 14.1. The summed E-state index contributed by atoms with van der Waals surface area (Å²) in [6, 6.07) is 28.3. The van der Waals surface area contributed by atoms with E-state index in [1.54, 1.807) is 0 Å². The number of allylic oxidation sites excluding steroid dienone is 7. The van der Waals surface area contributed by atoms with Crippen molar-refractivity contribution >= 4 is 55.6 Å². The minimum atomic E-state index is -4.08. The van der Waals surface area contributed by atoms with Crippen molar-refractivity contribution in [2.24, 2.45) is 14.1 Å². The van der Waals surface area contributed by atoms with E-state index in [9.17, 15) is 27.7 Å². The number of unbranched alkanes of at least 4 members (excludes halogenated alkanes) is 3. The smallest absolute Gasteiger partial charge is 0.333 e. The standard InChI is InChI=1S/C46H46N4O6S/c1-4-5-12-29-49-34(23-21-32-15-6-10-19-40(32)49)25-27-38-36-17-8-9-18-37(36)39(42(38)43-44(51)47(2)46(53)48(3)45(43)52)28-26-35-24-22-33-16-7-11-20-41(33)50(35)30-13-14-31-57(54,55)56/h6-11,15-28H,4-5,12-14,29-31H2,1-3H3,(H,54,55,56)/p+1/b35-26+,39-28+. The molecule has 0 amide bonds. The van der Waals surface area contributed by atoms with Crippen LogP contribution in [0.5, 0.6) is 5.88 Å². The zero-order chi connectivity index (χ0) is 40.3. The maximum Gasteiger partial charge on any atom is 0.333 e. The summed E-state index contributed by atoms with van der Waals surface area (Å²) in [5.41, 5.74) is 7.30. The highest BCUT2D eigenvalue weighted by Crippen LogP contribution is 2.48. The number of hydrogen-bond acceptors (Lipinski definition) is 6. The van der Waals surface area contributed by atoms with E-state index in [1.165, 1.54) is 14.1 Å². The number of hydrogen-bond donors (Lipinski definition) is 2. The number of benzene rings is 3. The lowest BCUT2D eigenvalue weighted by atomic mass is 9.96. The van der Waals surface area contributed by atoms with E-state index in [1.807, 2.05) is 91.0 Å². The average molecular weight is 784 g/mol. The molecule has 0 fully saturated rings. The molecule has 5 aromatic rings. The fourth-order valence-electron chi connectivity index (χ4n) is 7.79. The van der Waals surface area contributed by atoms with Crippen LogP contribution in [0.2, 0.25) is 0 Å². The highest BCUT2D eigenvalue weighted by atomic mass is 32.2. The van der Waals surface area contributed by atoms with E-state index in [0.717, 1.165) is 85.2 Å². The molecule has 0 saturated carbocycles. The van der Waals surface area contributed by atoms with E-state index in [2.05, 4.69) is 46.7 Å². The van der Waals surface area contributed by atoms with Gasteiger partial charge in [-0.3, -0.25) is 18.5 Å². The lowest BCUT2D eigenvalue weighted by molar-refractivity contribution is -0.673. The molecule has 0 atom stereocenters. The number of fused-ring (bicyclic) bond motifs is 3. The van der Waals surface area contributed by atoms with Crippen molar-refractivity contribution in [3.05, 3.63) is 164 Å². The number of nitrogens with zero attached hydrogens (tertiary/aromatic N) is 4. The van der Waals surface area contributed by atoms with Crippen LogP contribution in [-0.4, -0.2) is 39.5 Å². The third kappa shape index (κ3) is 7.99. The third-order valence-electron chi connectivity index (χ3n) is 10.7. The Balaban J connectivity index is 1.42. The summed E-state index contributed by atoms with van der Waals surface area (Å²) in [6.45, 7) is 3.52. The summed E-state index contributed by atoms with van der Waals surface area (Å²) >= 11 is 0. The Morgan fingerprint density at radius 3 is 2.30 bits per heavy atom. The van der Waals surface area contributed by atoms with Crippen LogP contribution < -0.4 is 20.7 Å². The molecule has 0 radical (unpaired) electrons. The molecule has 3 heterocycles. The van der Waals surface area contributed by atoms with Gasteiger partial charge in [-0.1, -0.05) is 80.1 Å². The van der Waals surface area contributed by atoms with Gasteiger partial charge in [-0.2, -0.15) is 13.0 Å². The molecule has 7 rings (SSSR count). The second-order valence-corrected chi connectivity index (χ2v) is 16.0. The molecule has 2 N–H and O–H groups in total. The lowest BCUT2D eigenvalue weighted by Gasteiger charge is -2.30. The summed E-state index contributed by atoms with van der Waals surface area (Å²) in [7, 11) is -1.22. The molecule has 0 bridgehead atoms. The zero-order valence-corrected chi connectivity index (χ0v) is 33.2. The molecular weight excluding hydrogens is 737 g/mol. The van der Waals surface area contributed by atoms with Gasteiger partial charge in [0, 0.05) is 67.6 Å². The number of para-hydroxylation sites is 2. The van der Waals surface area contributed by atoms with E-state index in [-0.39, 0.29) is 17.7 Å². The largest absolute Gasteiger partial charge is 0.494 e. The normalized spacial score (nSPS) is 15.4. The van der Waals surface area contributed by atoms with Crippen molar-refractivity contribution in [1.29, 1.82) is 0 Å². The number of pyridine rings is 1. The van der Waals surface area contributed by atoms with Crippen LogP contribution in [-0.2, 0) is 30.8 Å². The number of aromatic nitrogens is 3. The third-order valence-corrected chi connectivity index (χ3v) is 11.5. The first-order valence-electron chi connectivity index (χ1n) is 19.3. The van der Waals surface area contributed by atoms with E-state index in [0.29, 0.717) is 24.1 Å². The van der Waals surface area contributed by atoms with Crippen molar-refractivity contribution in [2.75, 3.05) is 17.2 Å². The molecule has 0 saturated heterocycles. The monoisotopic (exact) mass is 783 g/mol. The van der Waals surface area contributed by atoms with Crippen molar-refractivity contribution < 1.29 is 22.6 Å². The topological polar surface area (TPSA) is 126 Å². The molecule has 292 valence electrons. The molecular formula is C46H47N4O6S+. The SMILES string of the molecule is CCCCC[n+]1c(/C=C/C2=C(c3c(O)n(C)c(=O)n(C)c3=O)C(=C/C=C3\C=Cc4ccccc4N3CCCCS(=O)(=O)O)/c3ccccc32)ccc2ccccc21. The second kappa shape index (κ2) is 16.6. The molecule has 3 aromatic carbocycles. The van der Waals surface area contributed by atoms with E-state index >= 15 is 0 Å². The summed E-state index contributed by atoms with van der Waals surface area (Å²) in [5.74, 6) is -0.749. The predicted molar refractivity (Wildman–Crippen MR) is 229 cm³/mol. The summed E-state index contributed by atoms with van der Waals surface area (Å²) in [6.07, 6.45) is 16.0. The first-order chi connectivity index (χ1) is 27.5. The Labute approximate surface area is 332 Å². The molecule has 57 heavy (non-hydrogen) atoms. The van der Waals surface area contributed by atoms with Crippen LogP contribution in [0.1, 0.15) is 67.0 Å².